The lowest BCUT2D eigenvalue weighted by atomic mass is 9.89. The third-order valence-corrected chi connectivity index (χ3v) is 6.06. The average molecular weight is 424 g/mol. The molecule has 0 bridgehead atoms. The number of carbonyl (C=O) groups is 2. The number of amides is 2. The molecule has 0 unspecified atom stereocenters. The molecule has 6 heteroatoms. The number of hydrogen-bond acceptors (Lipinski definition) is 4. The van der Waals surface area contributed by atoms with Crippen LogP contribution in [0.4, 0.5) is 0 Å². The third kappa shape index (κ3) is 5.13. The van der Waals surface area contributed by atoms with Crippen LogP contribution < -0.4 is 0 Å². The molecule has 2 amide bonds. The number of hydrogen-bond donors (Lipinski definition) is 0. The van der Waals surface area contributed by atoms with Gasteiger partial charge < -0.3 is 14.5 Å². The van der Waals surface area contributed by atoms with E-state index in [1.54, 1.807) is 31.4 Å². The molecule has 0 radical (unpaired) electrons. The molecular weight excluding hydrogens is 390 g/mol. The van der Waals surface area contributed by atoms with Gasteiger partial charge >= 0.3 is 0 Å². The second-order valence-electron chi connectivity index (χ2n) is 8.43. The van der Waals surface area contributed by atoms with E-state index in [0.717, 1.165) is 29.5 Å². The molecule has 166 valence electrons. The molecule has 0 N–H and O–H groups in total. The lowest BCUT2D eigenvalue weighted by Gasteiger charge is -2.43. The molecule has 6 nitrogen and oxygen atoms in total. The van der Waals surface area contributed by atoms with E-state index in [2.05, 4.69) is 11.1 Å². The number of nitrogens with zero attached hydrogens (tertiary/aromatic N) is 3. The van der Waals surface area contributed by atoms with Crippen LogP contribution in [0.2, 0.25) is 0 Å². The molecule has 31 heavy (non-hydrogen) atoms. The minimum Gasteiger partial charge on any atom is -0.361 e. The van der Waals surface area contributed by atoms with Gasteiger partial charge in [0.05, 0.1) is 13.2 Å². The smallest absolute Gasteiger partial charge is 0.256 e. The van der Waals surface area contributed by atoms with E-state index in [9.17, 15) is 9.59 Å². The minimum absolute atomic E-state index is 0.0136. The molecule has 1 aliphatic heterocycles. The fraction of sp³-hybridized carbons (Fsp3) is 0.480. The van der Waals surface area contributed by atoms with E-state index < -0.39 is 5.60 Å². The van der Waals surface area contributed by atoms with Gasteiger partial charge in [-0.05, 0) is 41.7 Å². The van der Waals surface area contributed by atoms with Gasteiger partial charge in [-0.3, -0.25) is 14.6 Å². The van der Waals surface area contributed by atoms with Gasteiger partial charge in [-0.25, -0.2) is 0 Å². The summed E-state index contributed by atoms with van der Waals surface area (Å²) in [6, 6.07) is 12.1. The number of carbonyl (C=O) groups excluding carboxylic acids is 2. The molecule has 1 aliphatic rings. The summed E-state index contributed by atoms with van der Waals surface area (Å²) in [6.07, 6.45) is 5.55. The molecule has 1 saturated heterocycles. The van der Waals surface area contributed by atoms with E-state index in [1.807, 2.05) is 49.1 Å². The first kappa shape index (κ1) is 22.9. The highest BCUT2D eigenvalue weighted by Gasteiger charge is 2.46. The van der Waals surface area contributed by atoms with Crippen molar-refractivity contribution >= 4 is 11.8 Å². The molecule has 3 rings (SSSR count). The quantitative estimate of drug-likeness (QED) is 0.685. The molecule has 0 saturated carbocycles. The van der Waals surface area contributed by atoms with Crippen molar-refractivity contribution in [3.8, 4) is 11.1 Å². The molecule has 1 fully saturated rings. The van der Waals surface area contributed by atoms with E-state index in [4.69, 9.17) is 4.74 Å². The molecule has 0 aliphatic carbocycles. The van der Waals surface area contributed by atoms with E-state index in [0.29, 0.717) is 19.6 Å². The fourth-order valence-corrected chi connectivity index (χ4v) is 4.32. The van der Waals surface area contributed by atoms with Crippen molar-refractivity contribution in [2.45, 2.75) is 38.7 Å². The Hall–Kier alpha value is -2.73. The minimum atomic E-state index is -1.08. The zero-order valence-corrected chi connectivity index (χ0v) is 19.0. The maximum Gasteiger partial charge on any atom is 0.256 e. The van der Waals surface area contributed by atoms with Crippen molar-refractivity contribution in [2.75, 3.05) is 33.8 Å². The number of aromatic nitrogens is 1. The van der Waals surface area contributed by atoms with Gasteiger partial charge in [-0.2, -0.15) is 0 Å². The number of pyridine rings is 1. The Kier molecular flexibility index (Phi) is 7.44. The third-order valence-electron chi connectivity index (χ3n) is 6.06. The lowest BCUT2D eigenvalue weighted by Crippen LogP contribution is -2.62. The van der Waals surface area contributed by atoms with Gasteiger partial charge in [0, 0.05) is 45.4 Å². The average Bonchev–Trinajstić information content (AvgIpc) is 2.80. The molecule has 1 aromatic carbocycles. The van der Waals surface area contributed by atoms with Crippen LogP contribution in [-0.4, -0.2) is 66.0 Å². The molecule has 0 spiro atoms. The van der Waals surface area contributed by atoms with Crippen LogP contribution in [0.5, 0.6) is 0 Å². The Morgan fingerprint density at radius 1 is 1.13 bits per heavy atom. The monoisotopic (exact) mass is 423 g/mol. The van der Waals surface area contributed by atoms with Crippen LogP contribution in [0.3, 0.4) is 0 Å². The Morgan fingerprint density at radius 2 is 1.84 bits per heavy atom. The highest BCUT2D eigenvalue weighted by Crippen LogP contribution is 2.29. The predicted octanol–water partition coefficient (Wildman–Crippen LogP) is 3.41. The number of rotatable bonds is 7. The summed E-state index contributed by atoms with van der Waals surface area (Å²) in [7, 11) is 3.48. The largest absolute Gasteiger partial charge is 0.361 e. The van der Waals surface area contributed by atoms with Crippen LogP contribution in [0.25, 0.3) is 11.1 Å². The van der Waals surface area contributed by atoms with Crippen molar-refractivity contribution in [3.05, 3.63) is 54.4 Å². The van der Waals surface area contributed by atoms with Crippen LogP contribution in [0, 0.1) is 5.92 Å². The topological polar surface area (TPSA) is 62.7 Å². The van der Waals surface area contributed by atoms with Gasteiger partial charge in [0.25, 0.3) is 5.91 Å². The van der Waals surface area contributed by atoms with Crippen molar-refractivity contribution in [3.63, 3.8) is 0 Å². The van der Waals surface area contributed by atoms with Gasteiger partial charge in [0.15, 0.2) is 5.60 Å². The summed E-state index contributed by atoms with van der Waals surface area (Å²) in [6.45, 7) is 5.23. The van der Waals surface area contributed by atoms with E-state index in [1.165, 1.54) is 0 Å². The Morgan fingerprint density at radius 3 is 2.48 bits per heavy atom. The summed E-state index contributed by atoms with van der Waals surface area (Å²) in [5.41, 5.74) is 2.05. The maximum absolute atomic E-state index is 13.3. The normalized spacial score (nSPS) is 18.8. The number of benzene rings is 1. The van der Waals surface area contributed by atoms with Gasteiger partial charge in [0.2, 0.25) is 5.91 Å². The zero-order chi connectivity index (χ0) is 22.4. The van der Waals surface area contributed by atoms with Crippen molar-refractivity contribution in [2.24, 2.45) is 5.92 Å². The maximum atomic E-state index is 13.3. The summed E-state index contributed by atoms with van der Waals surface area (Å²) in [4.78, 5) is 33.9. The molecule has 2 heterocycles. The van der Waals surface area contributed by atoms with Crippen molar-refractivity contribution in [1.82, 2.24) is 14.8 Å². The summed E-state index contributed by atoms with van der Waals surface area (Å²) in [5, 5.41) is 0. The lowest BCUT2D eigenvalue weighted by molar-refractivity contribution is -0.174. The number of likely N-dealkylation sites (N-methyl/N-ethyl adjacent to an activating group) is 1. The van der Waals surface area contributed by atoms with Gasteiger partial charge in [-0.15, -0.1) is 0 Å². The van der Waals surface area contributed by atoms with E-state index >= 15 is 0 Å². The highest BCUT2D eigenvalue weighted by molar-refractivity contribution is 5.87. The molecule has 1 atom stereocenters. The SMILES string of the molecule is CCC(CC)C(=O)N1CCO[C@@](Cc2cccc(-c3ccncc3)c2)(C(=O)N(C)C)C1. The highest BCUT2D eigenvalue weighted by atomic mass is 16.5. The molecule has 1 aromatic heterocycles. The van der Waals surface area contributed by atoms with Gasteiger partial charge in [-0.1, -0.05) is 38.1 Å². The summed E-state index contributed by atoms with van der Waals surface area (Å²) < 4.78 is 6.17. The first-order valence-corrected chi connectivity index (χ1v) is 11.0. The number of morpholine rings is 1. The van der Waals surface area contributed by atoms with Crippen LogP contribution in [0.15, 0.2) is 48.8 Å². The summed E-state index contributed by atoms with van der Waals surface area (Å²) >= 11 is 0. The summed E-state index contributed by atoms with van der Waals surface area (Å²) in [5.74, 6) is -0.00101. The standard InChI is InChI=1S/C25H33N3O3/c1-5-20(6-2)23(29)28-14-15-31-25(18-28,24(30)27(3)4)17-19-8-7-9-22(16-19)21-10-12-26-13-11-21/h7-13,16,20H,5-6,14-15,17-18H2,1-4H3/t25-/m1/s1. The van der Waals surface area contributed by atoms with E-state index in [-0.39, 0.29) is 24.3 Å². The Bertz CT molecular complexity index is 896. The second-order valence-corrected chi connectivity index (χ2v) is 8.43. The zero-order valence-electron chi connectivity index (χ0n) is 19.0. The second kappa shape index (κ2) is 10.1. The molecule has 2 aromatic rings. The fourth-order valence-electron chi connectivity index (χ4n) is 4.32. The van der Waals surface area contributed by atoms with Crippen molar-refractivity contribution in [1.29, 1.82) is 0 Å². The number of ether oxygens (including phenoxy) is 1. The Balaban J connectivity index is 1.91. The first-order chi connectivity index (χ1) is 14.9. The van der Waals surface area contributed by atoms with Crippen molar-refractivity contribution < 1.29 is 14.3 Å². The van der Waals surface area contributed by atoms with Crippen LogP contribution in [-0.2, 0) is 20.7 Å². The predicted molar refractivity (Wildman–Crippen MR) is 121 cm³/mol. The van der Waals surface area contributed by atoms with Gasteiger partial charge in [0.1, 0.15) is 0 Å². The first-order valence-electron chi connectivity index (χ1n) is 11.0. The Labute approximate surface area is 185 Å². The van der Waals surface area contributed by atoms with Crippen LogP contribution >= 0.6 is 0 Å². The van der Waals surface area contributed by atoms with Crippen LogP contribution in [0.1, 0.15) is 32.3 Å². The molecular formula is C25H33N3O3.